The standard InChI is InChI=1S/C14H28N2O/c1-3-5-6-7-10-14(17)16-11-8-9-13(12-16)15-4-2/h13,15H,3-12H2,1-2H3. The third-order valence-corrected chi connectivity index (χ3v) is 3.51. The number of rotatable bonds is 7. The second-order valence-electron chi connectivity index (χ2n) is 5.05. The molecule has 100 valence electrons. The number of amides is 1. The van der Waals surface area contributed by atoms with Gasteiger partial charge in [0.05, 0.1) is 0 Å². The maximum atomic E-state index is 12.0. The molecule has 0 spiro atoms. The van der Waals surface area contributed by atoms with E-state index in [0.29, 0.717) is 11.9 Å². The lowest BCUT2D eigenvalue weighted by Crippen LogP contribution is -2.47. The van der Waals surface area contributed by atoms with Crippen LogP contribution in [0, 0.1) is 0 Å². The number of unbranched alkanes of at least 4 members (excludes halogenated alkanes) is 3. The molecule has 1 unspecified atom stereocenters. The van der Waals surface area contributed by atoms with Crippen molar-refractivity contribution in [2.75, 3.05) is 19.6 Å². The number of nitrogens with zero attached hydrogens (tertiary/aromatic N) is 1. The summed E-state index contributed by atoms with van der Waals surface area (Å²) in [7, 11) is 0. The lowest BCUT2D eigenvalue weighted by Gasteiger charge is -2.33. The molecule has 17 heavy (non-hydrogen) atoms. The highest BCUT2D eigenvalue weighted by atomic mass is 16.2. The maximum absolute atomic E-state index is 12.0. The van der Waals surface area contributed by atoms with Gasteiger partial charge in [-0.25, -0.2) is 0 Å². The minimum absolute atomic E-state index is 0.365. The minimum Gasteiger partial charge on any atom is -0.341 e. The van der Waals surface area contributed by atoms with Crippen LogP contribution in [0.5, 0.6) is 0 Å². The molecule has 1 amide bonds. The topological polar surface area (TPSA) is 32.3 Å². The molecule has 1 saturated heterocycles. The van der Waals surface area contributed by atoms with Gasteiger partial charge in [0.1, 0.15) is 0 Å². The molecule has 1 aliphatic rings. The second-order valence-corrected chi connectivity index (χ2v) is 5.05. The summed E-state index contributed by atoms with van der Waals surface area (Å²) in [5, 5.41) is 3.45. The van der Waals surface area contributed by atoms with Crippen LogP contribution in [0.4, 0.5) is 0 Å². The van der Waals surface area contributed by atoms with Crippen molar-refractivity contribution < 1.29 is 4.79 Å². The molecule has 0 aromatic rings. The third-order valence-electron chi connectivity index (χ3n) is 3.51. The Bertz CT molecular complexity index is 216. The SMILES string of the molecule is CCCCCCC(=O)N1CCCC(NCC)C1. The van der Waals surface area contributed by atoms with Crippen LogP contribution < -0.4 is 5.32 Å². The van der Waals surface area contributed by atoms with Crippen LogP contribution >= 0.6 is 0 Å². The Labute approximate surface area is 106 Å². The summed E-state index contributed by atoms with van der Waals surface area (Å²) in [6, 6.07) is 0.522. The first kappa shape index (κ1) is 14.5. The largest absolute Gasteiger partial charge is 0.341 e. The van der Waals surface area contributed by atoms with Crippen molar-refractivity contribution >= 4 is 5.91 Å². The van der Waals surface area contributed by atoms with E-state index in [1.165, 1.54) is 25.7 Å². The number of carbonyl (C=O) groups excluding carboxylic acids is 1. The number of likely N-dealkylation sites (tertiary alicyclic amines) is 1. The van der Waals surface area contributed by atoms with E-state index in [1.54, 1.807) is 0 Å². The number of carbonyl (C=O) groups is 1. The van der Waals surface area contributed by atoms with Crippen molar-refractivity contribution in [2.45, 2.75) is 64.8 Å². The van der Waals surface area contributed by atoms with E-state index >= 15 is 0 Å². The van der Waals surface area contributed by atoms with Crippen LogP contribution in [0.2, 0.25) is 0 Å². The van der Waals surface area contributed by atoms with Gasteiger partial charge in [0.15, 0.2) is 0 Å². The van der Waals surface area contributed by atoms with Crippen molar-refractivity contribution in [1.29, 1.82) is 0 Å². The fraction of sp³-hybridized carbons (Fsp3) is 0.929. The van der Waals surface area contributed by atoms with E-state index in [4.69, 9.17) is 0 Å². The van der Waals surface area contributed by atoms with Crippen LogP contribution in [0.25, 0.3) is 0 Å². The van der Waals surface area contributed by atoms with Crippen molar-refractivity contribution in [3.63, 3.8) is 0 Å². The number of hydrogen-bond donors (Lipinski definition) is 1. The minimum atomic E-state index is 0.365. The van der Waals surface area contributed by atoms with Gasteiger partial charge in [0.2, 0.25) is 5.91 Å². The Kier molecular flexibility index (Phi) is 7.25. The van der Waals surface area contributed by atoms with Gasteiger partial charge >= 0.3 is 0 Å². The Balaban J connectivity index is 2.21. The van der Waals surface area contributed by atoms with Crippen molar-refractivity contribution in [3.05, 3.63) is 0 Å². The van der Waals surface area contributed by atoms with Gasteiger partial charge < -0.3 is 10.2 Å². The van der Waals surface area contributed by atoms with Crippen LogP contribution in [-0.2, 0) is 4.79 Å². The predicted molar refractivity (Wildman–Crippen MR) is 72.0 cm³/mol. The molecule has 0 aromatic heterocycles. The molecule has 0 saturated carbocycles. The Morgan fingerprint density at radius 1 is 1.29 bits per heavy atom. The molecular formula is C14H28N2O. The molecule has 1 aliphatic heterocycles. The van der Waals surface area contributed by atoms with Crippen molar-refractivity contribution in [3.8, 4) is 0 Å². The molecule has 0 radical (unpaired) electrons. The molecule has 1 N–H and O–H groups in total. The fourth-order valence-electron chi connectivity index (χ4n) is 2.52. The van der Waals surface area contributed by atoms with E-state index in [1.807, 2.05) is 0 Å². The van der Waals surface area contributed by atoms with Gasteiger partial charge in [-0.2, -0.15) is 0 Å². The highest BCUT2D eigenvalue weighted by Gasteiger charge is 2.22. The monoisotopic (exact) mass is 240 g/mol. The molecule has 1 rings (SSSR count). The molecule has 3 nitrogen and oxygen atoms in total. The van der Waals surface area contributed by atoms with E-state index < -0.39 is 0 Å². The molecule has 0 aromatic carbocycles. The fourth-order valence-corrected chi connectivity index (χ4v) is 2.52. The molecule has 0 aliphatic carbocycles. The van der Waals surface area contributed by atoms with Gasteiger partial charge in [-0.05, 0) is 25.8 Å². The van der Waals surface area contributed by atoms with Gasteiger partial charge in [-0.1, -0.05) is 33.1 Å². The third kappa shape index (κ3) is 5.53. The summed E-state index contributed by atoms with van der Waals surface area (Å²) < 4.78 is 0. The average Bonchev–Trinajstić information content (AvgIpc) is 2.35. The van der Waals surface area contributed by atoms with Gasteiger partial charge in [0.25, 0.3) is 0 Å². The number of likely N-dealkylation sites (N-methyl/N-ethyl adjacent to an activating group) is 1. The average molecular weight is 240 g/mol. The van der Waals surface area contributed by atoms with Gasteiger partial charge in [0, 0.05) is 25.6 Å². The predicted octanol–water partition coefficient (Wildman–Crippen LogP) is 2.56. The van der Waals surface area contributed by atoms with E-state index in [0.717, 1.165) is 38.9 Å². The molecule has 3 heteroatoms. The molecule has 1 fully saturated rings. The lowest BCUT2D eigenvalue weighted by atomic mass is 10.0. The van der Waals surface area contributed by atoms with Crippen LogP contribution in [0.15, 0.2) is 0 Å². The van der Waals surface area contributed by atoms with E-state index in [2.05, 4.69) is 24.1 Å². The maximum Gasteiger partial charge on any atom is 0.222 e. The molecule has 0 bridgehead atoms. The summed E-state index contributed by atoms with van der Waals surface area (Å²) in [6.45, 7) is 7.22. The van der Waals surface area contributed by atoms with E-state index in [9.17, 15) is 4.79 Å². The summed E-state index contributed by atoms with van der Waals surface area (Å²) in [5.41, 5.74) is 0. The van der Waals surface area contributed by atoms with Crippen molar-refractivity contribution in [1.82, 2.24) is 10.2 Å². The van der Waals surface area contributed by atoms with Crippen LogP contribution in [-0.4, -0.2) is 36.5 Å². The number of nitrogens with one attached hydrogen (secondary N) is 1. The first-order valence-electron chi connectivity index (χ1n) is 7.29. The number of hydrogen-bond acceptors (Lipinski definition) is 2. The smallest absolute Gasteiger partial charge is 0.222 e. The quantitative estimate of drug-likeness (QED) is 0.694. The zero-order chi connectivity index (χ0) is 12.5. The lowest BCUT2D eigenvalue weighted by molar-refractivity contribution is -0.132. The Morgan fingerprint density at radius 3 is 2.82 bits per heavy atom. The van der Waals surface area contributed by atoms with Crippen LogP contribution in [0.3, 0.4) is 0 Å². The first-order valence-corrected chi connectivity index (χ1v) is 7.29. The van der Waals surface area contributed by atoms with E-state index in [-0.39, 0.29) is 0 Å². The Morgan fingerprint density at radius 2 is 2.12 bits per heavy atom. The van der Waals surface area contributed by atoms with Crippen molar-refractivity contribution in [2.24, 2.45) is 0 Å². The molecule has 1 heterocycles. The second kappa shape index (κ2) is 8.51. The normalized spacial score (nSPS) is 20.6. The zero-order valence-electron chi connectivity index (χ0n) is 11.5. The first-order chi connectivity index (χ1) is 8.27. The summed E-state index contributed by atoms with van der Waals surface area (Å²) in [6.07, 6.45) is 7.88. The van der Waals surface area contributed by atoms with Crippen LogP contribution in [0.1, 0.15) is 58.8 Å². The Hall–Kier alpha value is -0.570. The number of piperidine rings is 1. The summed E-state index contributed by atoms with van der Waals surface area (Å²) in [4.78, 5) is 14.1. The summed E-state index contributed by atoms with van der Waals surface area (Å²) in [5.74, 6) is 0.365. The summed E-state index contributed by atoms with van der Waals surface area (Å²) >= 11 is 0. The highest BCUT2D eigenvalue weighted by Crippen LogP contribution is 2.13. The van der Waals surface area contributed by atoms with Gasteiger partial charge in [-0.15, -0.1) is 0 Å². The molecular weight excluding hydrogens is 212 g/mol. The molecule has 1 atom stereocenters. The van der Waals surface area contributed by atoms with Gasteiger partial charge in [-0.3, -0.25) is 4.79 Å². The highest BCUT2D eigenvalue weighted by molar-refractivity contribution is 5.76. The zero-order valence-corrected chi connectivity index (χ0v) is 11.5.